The van der Waals surface area contributed by atoms with Gasteiger partial charge in [-0.3, -0.25) is 0 Å². The normalized spacial score (nSPS) is 10.9. The van der Waals surface area contributed by atoms with Gasteiger partial charge in [-0.05, 0) is 31.0 Å². The Labute approximate surface area is 100 Å². The lowest BCUT2D eigenvalue weighted by molar-refractivity contribution is 0.581. The highest BCUT2D eigenvalue weighted by molar-refractivity contribution is 7.89. The van der Waals surface area contributed by atoms with Gasteiger partial charge in [0.25, 0.3) is 0 Å². The van der Waals surface area contributed by atoms with Crippen molar-refractivity contribution in [2.24, 2.45) is 5.11 Å². The van der Waals surface area contributed by atoms with Gasteiger partial charge >= 0.3 is 0 Å². The Bertz CT molecular complexity index is 547. The molecule has 0 aliphatic carbocycles. The maximum atomic E-state index is 11.9. The molecule has 1 rings (SSSR count). The largest absolute Gasteiger partial charge is 0.240 e. The number of benzene rings is 1. The van der Waals surface area contributed by atoms with Crippen LogP contribution < -0.4 is 4.72 Å². The molecule has 0 fully saturated rings. The van der Waals surface area contributed by atoms with Gasteiger partial charge in [0.15, 0.2) is 0 Å². The molecule has 0 spiro atoms. The summed E-state index contributed by atoms with van der Waals surface area (Å²) < 4.78 is 26.1. The summed E-state index contributed by atoms with van der Waals surface area (Å²) in [5, 5.41) is 3.26. The molecular weight excluding hydrogens is 240 g/mol. The molecule has 1 aromatic rings. The summed E-state index contributed by atoms with van der Waals surface area (Å²) in [6, 6.07) is 5.12. The number of sulfonamides is 1. The Balaban J connectivity index is 2.86. The molecule has 0 saturated carbocycles. The van der Waals surface area contributed by atoms with E-state index in [1.54, 1.807) is 19.1 Å². The minimum absolute atomic E-state index is 0.0969. The van der Waals surface area contributed by atoms with Crippen LogP contribution in [0.4, 0.5) is 0 Å². The minimum atomic E-state index is -3.52. The Morgan fingerprint density at radius 3 is 2.71 bits per heavy atom. The van der Waals surface area contributed by atoms with Crippen LogP contribution in [0.15, 0.2) is 28.2 Å². The maximum absolute atomic E-state index is 11.9. The molecule has 0 aliphatic rings. The Kier molecular flexibility index (Phi) is 4.51. The van der Waals surface area contributed by atoms with Crippen LogP contribution >= 0.6 is 0 Å². The molecule has 1 aromatic carbocycles. The van der Waals surface area contributed by atoms with Gasteiger partial charge in [0, 0.05) is 18.0 Å². The van der Waals surface area contributed by atoms with Crippen LogP contribution in [-0.4, -0.2) is 21.5 Å². The topological polar surface area (TPSA) is 94.9 Å². The van der Waals surface area contributed by atoms with E-state index < -0.39 is 10.0 Å². The molecule has 0 saturated heterocycles. The Hall–Kier alpha value is -1.56. The molecule has 6 nitrogen and oxygen atoms in total. The van der Waals surface area contributed by atoms with E-state index in [2.05, 4.69) is 14.7 Å². The number of hydrogen-bond acceptors (Lipinski definition) is 3. The first-order valence-corrected chi connectivity index (χ1v) is 6.53. The summed E-state index contributed by atoms with van der Waals surface area (Å²) >= 11 is 0. The second-order valence-electron chi connectivity index (χ2n) is 3.62. The van der Waals surface area contributed by atoms with Crippen molar-refractivity contribution in [3.63, 3.8) is 0 Å². The predicted octanol–water partition coefficient (Wildman–Crippen LogP) is 1.89. The zero-order valence-electron chi connectivity index (χ0n) is 9.71. The maximum Gasteiger partial charge on any atom is 0.240 e. The van der Waals surface area contributed by atoms with Gasteiger partial charge in [-0.1, -0.05) is 22.8 Å². The number of azide groups is 1. The molecule has 0 bridgehead atoms. The summed E-state index contributed by atoms with van der Waals surface area (Å²) in [5.74, 6) is 0. The summed E-state index contributed by atoms with van der Waals surface area (Å²) in [7, 11) is -3.52. The van der Waals surface area contributed by atoms with Crippen molar-refractivity contribution < 1.29 is 8.42 Å². The monoisotopic (exact) mass is 254 g/mol. The Morgan fingerprint density at radius 2 is 2.12 bits per heavy atom. The molecule has 0 heterocycles. The molecule has 17 heavy (non-hydrogen) atoms. The lowest BCUT2D eigenvalue weighted by Gasteiger charge is -2.08. The third kappa shape index (κ3) is 3.74. The fourth-order valence-corrected chi connectivity index (χ4v) is 2.70. The van der Waals surface area contributed by atoms with Crippen molar-refractivity contribution in [3.05, 3.63) is 39.8 Å². The summed E-state index contributed by atoms with van der Waals surface area (Å²) in [6.45, 7) is 3.84. The number of nitrogens with zero attached hydrogens (tertiary/aromatic N) is 3. The van der Waals surface area contributed by atoms with Gasteiger partial charge in [0.2, 0.25) is 10.0 Å². The van der Waals surface area contributed by atoms with E-state index in [0.29, 0.717) is 5.56 Å². The van der Waals surface area contributed by atoms with Crippen LogP contribution in [0.5, 0.6) is 0 Å². The molecule has 0 atom stereocenters. The molecule has 0 unspecified atom stereocenters. The number of hydrogen-bond donors (Lipinski definition) is 1. The average Bonchev–Trinajstić information content (AvgIpc) is 2.24. The molecular formula is C10H14N4O2S. The van der Waals surface area contributed by atoms with Crippen LogP contribution in [0.2, 0.25) is 0 Å². The van der Waals surface area contributed by atoms with E-state index >= 15 is 0 Å². The van der Waals surface area contributed by atoms with Crippen molar-refractivity contribution in [2.45, 2.75) is 18.7 Å². The van der Waals surface area contributed by atoms with Crippen molar-refractivity contribution in [3.8, 4) is 0 Å². The summed E-state index contributed by atoms with van der Waals surface area (Å²) in [6.07, 6.45) is 0. The van der Waals surface area contributed by atoms with Crippen molar-refractivity contribution in [1.29, 1.82) is 0 Å². The predicted molar refractivity (Wildman–Crippen MR) is 65.1 cm³/mol. The van der Waals surface area contributed by atoms with E-state index in [9.17, 15) is 8.42 Å². The van der Waals surface area contributed by atoms with Gasteiger partial charge in [-0.2, -0.15) is 0 Å². The number of rotatable bonds is 5. The van der Waals surface area contributed by atoms with E-state index in [0.717, 1.165) is 5.56 Å². The van der Waals surface area contributed by atoms with Crippen LogP contribution in [0.25, 0.3) is 10.4 Å². The summed E-state index contributed by atoms with van der Waals surface area (Å²) in [4.78, 5) is 2.80. The van der Waals surface area contributed by atoms with E-state index in [1.165, 1.54) is 0 Å². The van der Waals surface area contributed by atoms with Gasteiger partial charge in [0.05, 0.1) is 4.90 Å². The molecule has 1 N–H and O–H groups in total. The first-order chi connectivity index (χ1) is 7.97. The lowest BCUT2D eigenvalue weighted by Crippen LogP contribution is -2.26. The van der Waals surface area contributed by atoms with E-state index in [-0.39, 0.29) is 18.0 Å². The van der Waals surface area contributed by atoms with Crippen molar-refractivity contribution in [1.82, 2.24) is 4.72 Å². The molecule has 0 amide bonds. The van der Waals surface area contributed by atoms with Crippen LogP contribution in [0, 0.1) is 13.8 Å². The van der Waals surface area contributed by atoms with Gasteiger partial charge in [0.1, 0.15) is 0 Å². The summed E-state index contributed by atoms with van der Waals surface area (Å²) in [5.41, 5.74) is 9.77. The van der Waals surface area contributed by atoms with Gasteiger partial charge < -0.3 is 0 Å². The molecule has 0 radical (unpaired) electrons. The second kappa shape index (κ2) is 5.67. The highest BCUT2D eigenvalue weighted by Gasteiger charge is 2.15. The first-order valence-electron chi connectivity index (χ1n) is 5.05. The average molecular weight is 254 g/mol. The molecule has 0 aromatic heterocycles. The third-order valence-corrected chi connectivity index (χ3v) is 3.81. The quantitative estimate of drug-likeness (QED) is 0.376. The van der Waals surface area contributed by atoms with E-state index in [4.69, 9.17) is 5.53 Å². The standard InChI is InChI=1S/C10H14N4O2S/c1-8-3-4-10(9(2)7-8)17(15,16)13-6-5-12-14-11/h3-4,7,13H,5-6H2,1-2H3. The highest BCUT2D eigenvalue weighted by atomic mass is 32.2. The van der Waals surface area contributed by atoms with Crippen LogP contribution in [0.1, 0.15) is 11.1 Å². The fraction of sp³-hybridized carbons (Fsp3) is 0.400. The van der Waals surface area contributed by atoms with Gasteiger partial charge in [-0.15, -0.1) is 0 Å². The van der Waals surface area contributed by atoms with Crippen molar-refractivity contribution in [2.75, 3.05) is 13.1 Å². The Morgan fingerprint density at radius 1 is 1.41 bits per heavy atom. The minimum Gasteiger partial charge on any atom is -0.211 e. The molecule has 0 aliphatic heterocycles. The van der Waals surface area contributed by atoms with Crippen LogP contribution in [0.3, 0.4) is 0 Å². The molecule has 92 valence electrons. The highest BCUT2D eigenvalue weighted by Crippen LogP contribution is 2.15. The fourth-order valence-electron chi connectivity index (χ4n) is 1.45. The SMILES string of the molecule is Cc1ccc(S(=O)(=O)NCCN=[N+]=[N-])c(C)c1. The smallest absolute Gasteiger partial charge is 0.211 e. The lowest BCUT2D eigenvalue weighted by atomic mass is 10.2. The molecule has 7 heteroatoms. The number of aryl methyl sites for hydroxylation is 2. The third-order valence-electron chi connectivity index (χ3n) is 2.19. The van der Waals surface area contributed by atoms with Gasteiger partial charge in [-0.25, -0.2) is 13.1 Å². The van der Waals surface area contributed by atoms with Crippen LogP contribution in [-0.2, 0) is 10.0 Å². The number of nitrogens with one attached hydrogen (secondary N) is 1. The first kappa shape index (κ1) is 13.5. The van der Waals surface area contributed by atoms with Crippen molar-refractivity contribution >= 4 is 10.0 Å². The van der Waals surface area contributed by atoms with E-state index in [1.807, 2.05) is 13.0 Å². The zero-order valence-corrected chi connectivity index (χ0v) is 10.5. The zero-order chi connectivity index (χ0) is 12.9. The second-order valence-corrected chi connectivity index (χ2v) is 5.36.